The van der Waals surface area contributed by atoms with Crippen LogP contribution < -0.4 is 4.90 Å². The minimum atomic E-state index is -1.13. The molecule has 2 aromatic carbocycles. The number of anilines is 1. The normalized spacial score (nSPS) is 28.1. The van der Waals surface area contributed by atoms with Crippen molar-refractivity contribution in [3.8, 4) is 5.75 Å². The van der Waals surface area contributed by atoms with Gasteiger partial charge in [0.1, 0.15) is 5.75 Å². The standard InChI is InChI=1S/C24H24BNO5/c1-2-14-12-19-21(24(29)26(23(19)28)16-8-4-3-5-9-16)18-13-20(31-25(30)22(14)18)15-7-6-10-17(27)11-15/h3-11,18-21,27,30H,2,12-13H2,1H3/t18-,19-,20-,21+/m0/s1. The highest BCUT2D eigenvalue weighted by Crippen LogP contribution is 2.52. The summed E-state index contributed by atoms with van der Waals surface area (Å²) in [5, 5.41) is 20.8. The van der Waals surface area contributed by atoms with Crippen LogP contribution in [-0.4, -0.2) is 29.1 Å². The van der Waals surface area contributed by atoms with Crippen molar-refractivity contribution in [1.29, 1.82) is 0 Å². The van der Waals surface area contributed by atoms with Gasteiger partial charge in [0, 0.05) is 0 Å². The van der Waals surface area contributed by atoms with Crippen molar-refractivity contribution in [3.63, 3.8) is 0 Å². The Morgan fingerprint density at radius 1 is 1.06 bits per heavy atom. The highest BCUT2D eigenvalue weighted by molar-refractivity contribution is 6.53. The maximum absolute atomic E-state index is 13.5. The molecule has 4 atom stereocenters. The first-order valence-electron chi connectivity index (χ1n) is 10.8. The molecule has 3 aliphatic rings. The molecule has 5 rings (SSSR count). The van der Waals surface area contributed by atoms with Gasteiger partial charge < -0.3 is 14.8 Å². The molecule has 0 saturated carbocycles. The molecule has 2 aliphatic heterocycles. The van der Waals surface area contributed by atoms with E-state index in [1.807, 2.05) is 31.2 Å². The lowest BCUT2D eigenvalue weighted by Gasteiger charge is -2.42. The van der Waals surface area contributed by atoms with Gasteiger partial charge in [-0.15, -0.1) is 0 Å². The minimum absolute atomic E-state index is 0.120. The van der Waals surface area contributed by atoms with Gasteiger partial charge in [-0.25, -0.2) is 0 Å². The summed E-state index contributed by atoms with van der Waals surface area (Å²) in [6.45, 7) is 2.00. The van der Waals surface area contributed by atoms with Crippen LogP contribution in [0.15, 0.2) is 65.6 Å². The van der Waals surface area contributed by atoms with Crippen molar-refractivity contribution < 1.29 is 24.4 Å². The summed E-state index contributed by atoms with van der Waals surface area (Å²) in [4.78, 5) is 28.2. The number of carbonyl (C=O) groups is 2. The Bertz CT molecular complexity index is 1070. The predicted octanol–water partition coefficient (Wildman–Crippen LogP) is 3.41. The second-order valence-corrected chi connectivity index (χ2v) is 8.51. The van der Waals surface area contributed by atoms with Crippen LogP contribution in [0, 0.1) is 17.8 Å². The zero-order valence-electron chi connectivity index (χ0n) is 17.3. The quantitative estimate of drug-likeness (QED) is 0.591. The summed E-state index contributed by atoms with van der Waals surface area (Å²) in [5.74, 6) is -1.48. The van der Waals surface area contributed by atoms with Crippen LogP contribution in [0.4, 0.5) is 5.69 Å². The molecule has 6 nitrogen and oxygen atoms in total. The maximum atomic E-state index is 13.5. The fourth-order valence-electron chi connectivity index (χ4n) is 5.52. The number of fused-ring (bicyclic) bond motifs is 3. The van der Waals surface area contributed by atoms with E-state index in [0.29, 0.717) is 24.9 Å². The maximum Gasteiger partial charge on any atom is 0.487 e. The van der Waals surface area contributed by atoms with Crippen molar-refractivity contribution in [1.82, 2.24) is 0 Å². The molecular formula is C24H24BNO5. The number of nitrogens with zero attached hydrogens (tertiary/aromatic N) is 1. The Hall–Kier alpha value is -2.90. The zero-order valence-corrected chi connectivity index (χ0v) is 17.3. The van der Waals surface area contributed by atoms with Crippen LogP contribution in [0.5, 0.6) is 5.75 Å². The van der Waals surface area contributed by atoms with Crippen LogP contribution in [0.3, 0.4) is 0 Å². The topological polar surface area (TPSA) is 87.1 Å². The lowest BCUT2D eigenvalue weighted by molar-refractivity contribution is -0.123. The van der Waals surface area contributed by atoms with Gasteiger partial charge in [0.05, 0.1) is 23.6 Å². The second kappa shape index (κ2) is 7.66. The number of amides is 2. The number of phenols is 1. The van der Waals surface area contributed by atoms with E-state index < -0.39 is 25.1 Å². The molecule has 0 unspecified atom stereocenters. The molecule has 1 aliphatic carbocycles. The largest absolute Gasteiger partial charge is 0.508 e. The van der Waals surface area contributed by atoms with Gasteiger partial charge in [0.2, 0.25) is 11.8 Å². The smallest absolute Gasteiger partial charge is 0.487 e. The van der Waals surface area contributed by atoms with E-state index >= 15 is 0 Å². The molecule has 2 fully saturated rings. The van der Waals surface area contributed by atoms with E-state index in [4.69, 9.17) is 4.65 Å². The van der Waals surface area contributed by atoms with Crippen molar-refractivity contribution in [3.05, 3.63) is 71.2 Å². The Morgan fingerprint density at radius 3 is 2.55 bits per heavy atom. The number of allylic oxidation sites excluding steroid dienone is 2. The number of hydrogen-bond acceptors (Lipinski definition) is 5. The van der Waals surface area contributed by atoms with Gasteiger partial charge in [0.25, 0.3) is 0 Å². The number of rotatable bonds is 3. The number of para-hydroxylation sites is 1. The van der Waals surface area contributed by atoms with Gasteiger partial charge in [-0.05, 0) is 60.5 Å². The SMILES string of the molecule is CCC1=C2B(O)O[C@H](c3cccc(O)c3)C[C@H]2[C@H]2C(=O)N(c3ccccc3)C(=O)[C@H]2C1. The van der Waals surface area contributed by atoms with Crippen LogP contribution in [-0.2, 0) is 14.2 Å². The summed E-state index contributed by atoms with van der Waals surface area (Å²) < 4.78 is 5.93. The molecule has 0 aromatic heterocycles. The minimum Gasteiger partial charge on any atom is -0.508 e. The van der Waals surface area contributed by atoms with E-state index in [9.17, 15) is 19.7 Å². The molecule has 7 heteroatoms. The molecule has 2 aromatic rings. The number of carbonyl (C=O) groups excluding carboxylic acids is 2. The molecule has 2 heterocycles. The molecule has 0 radical (unpaired) electrons. The van der Waals surface area contributed by atoms with Crippen molar-refractivity contribution in [2.24, 2.45) is 17.8 Å². The number of hydrogen-bond donors (Lipinski definition) is 2. The zero-order chi connectivity index (χ0) is 21.7. The fraction of sp³-hybridized carbons (Fsp3) is 0.333. The first-order valence-corrected chi connectivity index (χ1v) is 10.8. The predicted molar refractivity (Wildman–Crippen MR) is 116 cm³/mol. The highest BCUT2D eigenvalue weighted by atomic mass is 16.5. The number of aromatic hydroxyl groups is 1. The summed E-state index contributed by atoms with van der Waals surface area (Å²) in [6, 6.07) is 15.8. The molecule has 2 saturated heterocycles. The Balaban J connectivity index is 1.55. The lowest BCUT2D eigenvalue weighted by Crippen LogP contribution is -2.44. The number of benzene rings is 2. The van der Waals surface area contributed by atoms with Crippen molar-refractivity contribution in [2.75, 3.05) is 4.90 Å². The van der Waals surface area contributed by atoms with E-state index in [-0.39, 0.29) is 23.5 Å². The van der Waals surface area contributed by atoms with E-state index in [1.54, 1.807) is 30.3 Å². The number of imide groups is 1. The average Bonchev–Trinajstić information content (AvgIpc) is 3.03. The Labute approximate surface area is 181 Å². The van der Waals surface area contributed by atoms with Gasteiger partial charge in [-0.2, -0.15) is 0 Å². The molecule has 2 amide bonds. The summed E-state index contributed by atoms with van der Waals surface area (Å²) in [5.41, 5.74) is 3.10. The summed E-state index contributed by atoms with van der Waals surface area (Å²) in [7, 11) is -1.13. The van der Waals surface area contributed by atoms with Gasteiger partial charge in [-0.3, -0.25) is 14.5 Å². The molecule has 31 heavy (non-hydrogen) atoms. The summed E-state index contributed by atoms with van der Waals surface area (Å²) >= 11 is 0. The van der Waals surface area contributed by atoms with Crippen LogP contribution in [0.1, 0.15) is 37.9 Å². The van der Waals surface area contributed by atoms with Crippen LogP contribution in [0.2, 0.25) is 0 Å². The first kappa shape index (κ1) is 20.0. The average molecular weight is 417 g/mol. The van der Waals surface area contributed by atoms with Gasteiger partial charge >= 0.3 is 7.12 Å². The van der Waals surface area contributed by atoms with Gasteiger partial charge in [-0.1, -0.05) is 42.8 Å². The lowest BCUT2D eigenvalue weighted by atomic mass is 9.55. The second-order valence-electron chi connectivity index (χ2n) is 8.51. The molecule has 0 spiro atoms. The Kier molecular flexibility index (Phi) is 4.95. The number of phenolic OH excluding ortho intramolecular Hbond substituents is 1. The van der Waals surface area contributed by atoms with E-state index in [1.165, 1.54) is 4.90 Å². The third kappa shape index (κ3) is 3.20. The summed E-state index contributed by atoms with van der Waals surface area (Å²) in [6.07, 6.45) is 1.17. The van der Waals surface area contributed by atoms with Crippen molar-refractivity contribution >= 4 is 24.6 Å². The fourth-order valence-corrected chi connectivity index (χ4v) is 5.52. The van der Waals surface area contributed by atoms with Crippen LogP contribution >= 0.6 is 0 Å². The molecule has 158 valence electrons. The van der Waals surface area contributed by atoms with Crippen LogP contribution in [0.25, 0.3) is 0 Å². The van der Waals surface area contributed by atoms with Gasteiger partial charge in [0.15, 0.2) is 0 Å². The molecule has 2 N–H and O–H groups in total. The molecule has 0 bridgehead atoms. The van der Waals surface area contributed by atoms with E-state index in [0.717, 1.165) is 16.6 Å². The highest BCUT2D eigenvalue weighted by Gasteiger charge is 2.57. The third-order valence-electron chi connectivity index (χ3n) is 6.89. The van der Waals surface area contributed by atoms with Crippen molar-refractivity contribution in [2.45, 2.75) is 32.3 Å². The third-order valence-corrected chi connectivity index (χ3v) is 6.89. The van der Waals surface area contributed by atoms with E-state index in [2.05, 4.69) is 0 Å². The monoisotopic (exact) mass is 417 g/mol. The Morgan fingerprint density at radius 2 is 1.84 bits per heavy atom. The molecular weight excluding hydrogens is 393 g/mol. The first-order chi connectivity index (χ1) is 15.0.